The van der Waals surface area contributed by atoms with Gasteiger partial charge in [0.15, 0.2) is 0 Å². The van der Waals surface area contributed by atoms with Crippen molar-refractivity contribution in [1.29, 1.82) is 0 Å². The van der Waals surface area contributed by atoms with E-state index in [0.29, 0.717) is 18.0 Å². The summed E-state index contributed by atoms with van der Waals surface area (Å²) >= 11 is 0. The third-order valence-electron chi connectivity index (χ3n) is 2.79. The number of pyridine rings is 1. The first-order valence-corrected chi connectivity index (χ1v) is 6.67. The Bertz CT molecular complexity index is 584. The van der Waals surface area contributed by atoms with Gasteiger partial charge >= 0.3 is 0 Å². The van der Waals surface area contributed by atoms with Gasteiger partial charge < -0.3 is 10.1 Å². The summed E-state index contributed by atoms with van der Waals surface area (Å²) in [4.78, 5) is 4.19. The van der Waals surface area contributed by atoms with Crippen LogP contribution in [0.1, 0.15) is 25.0 Å². The first kappa shape index (κ1) is 14.3. The molecular weight excluding hydrogens is 255 g/mol. The van der Waals surface area contributed by atoms with Crippen molar-refractivity contribution in [2.45, 2.75) is 33.4 Å². The first-order valence-electron chi connectivity index (χ1n) is 6.67. The van der Waals surface area contributed by atoms with Crippen LogP contribution >= 0.6 is 0 Å². The predicted molar refractivity (Wildman–Crippen MR) is 78.5 cm³/mol. The van der Waals surface area contributed by atoms with Crippen molar-refractivity contribution in [3.05, 3.63) is 53.5 Å². The molecule has 106 valence electrons. The minimum Gasteiger partial charge on any atom is -0.473 e. The van der Waals surface area contributed by atoms with E-state index >= 15 is 0 Å². The standard InChI is InChI=1S/C16H19FN2O/c1-11(2)20-16-15(5-4-8-18-16)19-10-13-9-12(3)6-7-14(13)17/h4-9,11,19H,10H2,1-3H3. The number of nitrogens with one attached hydrogen (secondary N) is 1. The van der Waals surface area contributed by atoms with E-state index in [1.54, 1.807) is 12.3 Å². The molecule has 0 aliphatic rings. The van der Waals surface area contributed by atoms with Crippen LogP contribution in [0.2, 0.25) is 0 Å². The SMILES string of the molecule is Cc1ccc(F)c(CNc2cccnc2OC(C)C)c1. The smallest absolute Gasteiger partial charge is 0.237 e. The molecule has 2 aromatic rings. The van der Waals surface area contributed by atoms with E-state index in [-0.39, 0.29) is 11.9 Å². The highest BCUT2D eigenvalue weighted by atomic mass is 19.1. The summed E-state index contributed by atoms with van der Waals surface area (Å²) in [6.07, 6.45) is 1.72. The van der Waals surface area contributed by atoms with E-state index in [1.807, 2.05) is 39.0 Å². The quantitative estimate of drug-likeness (QED) is 0.897. The Hall–Kier alpha value is -2.10. The van der Waals surface area contributed by atoms with Gasteiger partial charge in [0.05, 0.1) is 11.8 Å². The van der Waals surface area contributed by atoms with Crippen LogP contribution in [0, 0.1) is 12.7 Å². The largest absolute Gasteiger partial charge is 0.473 e. The molecule has 1 aromatic carbocycles. The number of halogens is 1. The molecule has 0 fully saturated rings. The van der Waals surface area contributed by atoms with Crippen molar-refractivity contribution in [2.75, 3.05) is 5.32 Å². The van der Waals surface area contributed by atoms with Gasteiger partial charge in [0, 0.05) is 18.3 Å². The normalized spacial score (nSPS) is 10.7. The van der Waals surface area contributed by atoms with Crippen molar-refractivity contribution in [2.24, 2.45) is 0 Å². The second-order valence-corrected chi connectivity index (χ2v) is 4.97. The van der Waals surface area contributed by atoms with E-state index in [4.69, 9.17) is 4.74 Å². The molecule has 0 atom stereocenters. The zero-order chi connectivity index (χ0) is 14.5. The van der Waals surface area contributed by atoms with Crippen molar-refractivity contribution >= 4 is 5.69 Å². The van der Waals surface area contributed by atoms with Gasteiger partial charge in [-0.05, 0) is 39.0 Å². The molecule has 0 unspecified atom stereocenters. The Morgan fingerprint density at radius 3 is 2.85 bits per heavy atom. The molecule has 1 N–H and O–H groups in total. The Balaban J connectivity index is 2.12. The average Bonchev–Trinajstić information content (AvgIpc) is 2.41. The van der Waals surface area contributed by atoms with Gasteiger partial charge in [-0.2, -0.15) is 0 Å². The van der Waals surface area contributed by atoms with Crippen LogP contribution in [0.5, 0.6) is 5.88 Å². The molecule has 20 heavy (non-hydrogen) atoms. The molecule has 1 heterocycles. The molecule has 1 aromatic heterocycles. The maximum atomic E-state index is 13.7. The summed E-state index contributed by atoms with van der Waals surface area (Å²) in [5.41, 5.74) is 2.43. The molecule has 0 spiro atoms. The summed E-state index contributed by atoms with van der Waals surface area (Å²) in [7, 11) is 0. The van der Waals surface area contributed by atoms with Gasteiger partial charge in [-0.1, -0.05) is 17.7 Å². The van der Waals surface area contributed by atoms with E-state index in [2.05, 4.69) is 10.3 Å². The van der Waals surface area contributed by atoms with Crippen LogP contribution < -0.4 is 10.1 Å². The zero-order valence-electron chi connectivity index (χ0n) is 12.0. The molecule has 0 aliphatic heterocycles. The number of hydrogen-bond acceptors (Lipinski definition) is 3. The first-order chi connectivity index (χ1) is 9.56. The van der Waals surface area contributed by atoms with E-state index in [1.165, 1.54) is 6.07 Å². The van der Waals surface area contributed by atoms with Crippen molar-refractivity contribution in [3.63, 3.8) is 0 Å². The number of ether oxygens (including phenoxy) is 1. The minimum atomic E-state index is -0.210. The number of aromatic nitrogens is 1. The van der Waals surface area contributed by atoms with Gasteiger partial charge in [-0.15, -0.1) is 0 Å². The van der Waals surface area contributed by atoms with Crippen LogP contribution in [-0.4, -0.2) is 11.1 Å². The fourth-order valence-electron chi connectivity index (χ4n) is 1.87. The Morgan fingerprint density at radius 1 is 1.30 bits per heavy atom. The molecule has 0 radical (unpaired) electrons. The number of anilines is 1. The number of rotatable bonds is 5. The fourth-order valence-corrected chi connectivity index (χ4v) is 1.87. The van der Waals surface area contributed by atoms with Crippen LogP contribution in [0.25, 0.3) is 0 Å². The third-order valence-corrected chi connectivity index (χ3v) is 2.79. The highest BCUT2D eigenvalue weighted by Gasteiger charge is 2.08. The van der Waals surface area contributed by atoms with E-state index < -0.39 is 0 Å². The molecular formula is C16H19FN2O. The maximum Gasteiger partial charge on any atom is 0.237 e. The predicted octanol–water partition coefficient (Wildman–Crippen LogP) is 3.93. The number of aryl methyl sites for hydroxylation is 1. The third kappa shape index (κ3) is 3.70. The summed E-state index contributed by atoms with van der Waals surface area (Å²) < 4.78 is 19.3. The van der Waals surface area contributed by atoms with Gasteiger partial charge in [-0.3, -0.25) is 0 Å². The summed E-state index contributed by atoms with van der Waals surface area (Å²) in [6.45, 7) is 6.23. The second kappa shape index (κ2) is 6.37. The highest BCUT2D eigenvalue weighted by molar-refractivity contribution is 5.52. The summed E-state index contributed by atoms with van der Waals surface area (Å²) in [5, 5.41) is 3.18. The van der Waals surface area contributed by atoms with Crippen molar-refractivity contribution in [1.82, 2.24) is 4.98 Å². The lowest BCUT2D eigenvalue weighted by molar-refractivity contribution is 0.234. The highest BCUT2D eigenvalue weighted by Crippen LogP contribution is 2.23. The lowest BCUT2D eigenvalue weighted by Crippen LogP contribution is -2.10. The van der Waals surface area contributed by atoms with Gasteiger partial charge in [0.2, 0.25) is 5.88 Å². The van der Waals surface area contributed by atoms with Gasteiger partial charge in [0.1, 0.15) is 5.82 Å². The van der Waals surface area contributed by atoms with Crippen LogP contribution in [0.15, 0.2) is 36.5 Å². The van der Waals surface area contributed by atoms with Crippen LogP contribution in [0.4, 0.5) is 10.1 Å². The monoisotopic (exact) mass is 274 g/mol. The summed E-state index contributed by atoms with van der Waals surface area (Å²) in [6, 6.07) is 8.78. The number of benzene rings is 1. The molecule has 2 rings (SSSR count). The minimum absolute atomic E-state index is 0.0427. The molecule has 0 saturated heterocycles. The van der Waals surface area contributed by atoms with E-state index in [9.17, 15) is 4.39 Å². The topological polar surface area (TPSA) is 34.2 Å². The maximum absolute atomic E-state index is 13.7. The Kier molecular flexibility index (Phi) is 4.56. The lowest BCUT2D eigenvalue weighted by Gasteiger charge is -2.14. The fraction of sp³-hybridized carbons (Fsp3) is 0.312. The molecule has 0 aliphatic carbocycles. The van der Waals surface area contributed by atoms with E-state index in [0.717, 1.165) is 11.3 Å². The molecule has 3 nitrogen and oxygen atoms in total. The molecule has 0 bridgehead atoms. The lowest BCUT2D eigenvalue weighted by atomic mass is 10.1. The number of nitrogens with zero attached hydrogens (tertiary/aromatic N) is 1. The Labute approximate surface area is 118 Å². The zero-order valence-corrected chi connectivity index (χ0v) is 12.0. The molecule has 4 heteroatoms. The van der Waals surface area contributed by atoms with Crippen molar-refractivity contribution < 1.29 is 9.13 Å². The van der Waals surface area contributed by atoms with Crippen LogP contribution in [0.3, 0.4) is 0 Å². The van der Waals surface area contributed by atoms with Gasteiger partial charge in [0.25, 0.3) is 0 Å². The summed E-state index contributed by atoms with van der Waals surface area (Å²) in [5.74, 6) is 0.328. The van der Waals surface area contributed by atoms with Crippen molar-refractivity contribution in [3.8, 4) is 5.88 Å². The average molecular weight is 274 g/mol. The number of hydrogen-bond donors (Lipinski definition) is 1. The second-order valence-electron chi connectivity index (χ2n) is 4.97. The van der Waals surface area contributed by atoms with Crippen LogP contribution in [-0.2, 0) is 6.54 Å². The molecule has 0 amide bonds. The Morgan fingerprint density at radius 2 is 2.10 bits per heavy atom. The van der Waals surface area contributed by atoms with Gasteiger partial charge in [-0.25, -0.2) is 9.37 Å². The molecule has 0 saturated carbocycles.